The third-order valence-corrected chi connectivity index (χ3v) is 4.58. The molecule has 2 aliphatic rings. The van der Waals surface area contributed by atoms with Crippen molar-refractivity contribution in [2.45, 2.75) is 57.7 Å². The highest BCUT2D eigenvalue weighted by Crippen LogP contribution is 2.56. The molecule has 1 saturated heterocycles. The molecule has 0 aromatic carbocycles. The van der Waals surface area contributed by atoms with Crippen molar-refractivity contribution in [1.29, 1.82) is 0 Å². The van der Waals surface area contributed by atoms with Gasteiger partial charge in [0, 0.05) is 6.42 Å². The number of cyclic esters (lactones) is 1. The van der Waals surface area contributed by atoms with Crippen molar-refractivity contribution in [3.8, 4) is 0 Å². The standard InChI is InChI=1S/C13H22O4/c1-11(2,15)8-9-4-5-13(12(9,3)16)6-7-17-10(13)14/h9,15-16H,4-8H2,1-3H3/t9-,12-,13-/m0/s1. The van der Waals surface area contributed by atoms with Crippen LogP contribution in [0.2, 0.25) is 0 Å². The first-order valence-electron chi connectivity index (χ1n) is 6.31. The highest BCUT2D eigenvalue weighted by atomic mass is 16.5. The molecule has 1 spiro atoms. The molecule has 2 rings (SSSR count). The maximum absolute atomic E-state index is 11.9. The highest BCUT2D eigenvalue weighted by Gasteiger charge is 2.63. The summed E-state index contributed by atoms with van der Waals surface area (Å²) in [6.07, 6.45) is 2.54. The summed E-state index contributed by atoms with van der Waals surface area (Å²) in [6, 6.07) is 0. The molecular formula is C13H22O4. The Morgan fingerprint density at radius 2 is 2.12 bits per heavy atom. The topological polar surface area (TPSA) is 66.8 Å². The van der Waals surface area contributed by atoms with E-state index in [2.05, 4.69) is 0 Å². The Morgan fingerprint density at radius 3 is 2.59 bits per heavy atom. The number of aliphatic hydroxyl groups is 2. The van der Waals surface area contributed by atoms with Crippen LogP contribution < -0.4 is 0 Å². The Kier molecular flexibility index (Phi) is 2.79. The summed E-state index contributed by atoms with van der Waals surface area (Å²) in [5.41, 5.74) is -2.62. The van der Waals surface area contributed by atoms with Gasteiger partial charge in [-0.2, -0.15) is 0 Å². The smallest absolute Gasteiger partial charge is 0.315 e. The molecule has 2 N–H and O–H groups in total. The second-order valence-electron chi connectivity index (χ2n) is 6.37. The molecule has 4 heteroatoms. The average Bonchev–Trinajstić information content (AvgIpc) is 2.63. The second-order valence-corrected chi connectivity index (χ2v) is 6.37. The molecular weight excluding hydrogens is 220 g/mol. The molecule has 98 valence electrons. The first-order valence-corrected chi connectivity index (χ1v) is 6.31. The van der Waals surface area contributed by atoms with E-state index in [4.69, 9.17) is 4.74 Å². The van der Waals surface area contributed by atoms with Crippen LogP contribution >= 0.6 is 0 Å². The van der Waals surface area contributed by atoms with E-state index in [1.807, 2.05) is 0 Å². The van der Waals surface area contributed by atoms with E-state index in [9.17, 15) is 15.0 Å². The van der Waals surface area contributed by atoms with Crippen LogP contribution in [-0.4, -0.2) is 34.0 Å². The fourth-order valence-corrected chi connectivity index (χ4v) is 3.49. The van der Waals surface area contributed by atoms with Crippen molar-refractivity contribution in [1.82, 2.24) is 0 Å². The summed E-state index contributed by atoms with van der Waals surface area (Å²) < 4.78 is 5.04. The summed E-state index contributed by atoms with van der Waals surface area (Å²) in [5, 5.41) is 20.6. The van der Waals surface area contributed by atoms with E-state index in [1.54, 1.807) is 20.8 Å². The summed E-state index contributed by atoms with van der Waals surface area (Å²) in [5.74, 6) is -0.311. The zero-order chi connectivity index (χ0) is 12.9. The molecule has 1 saturated carbocycles. The molecule has 0 aromatic heterocycles. The molecule has 4 nitrogen and oxygen atoms in total. The van der Waals surface area contributed by atoms with Crippen LogP contribution in [0.3, 0.4) is 0 Å². The predicted molar refractivity (Wildman–Crippen MR) is 62.3 cm³/mol. The summed E-state index contributed by atoms with van der Waals surface area (Å²) in [7, 11) is 0. The minimum Gasteiger partial charge on any atom is -0.465 e. The van der Waals surface area contributed by atoms with Crippen LogP contribution in [0, 0.1) is 11.3 Å². The van der Waals surface area contributed by atoms with E-state index in [1.165, 1.54) is 0 Å². The van der Waals surface area contributed by atoms with Gasteiger partial charge in [-0.15, -0.1) is 0 Å². The van der Waals surface area contributed by atoms with Gasteiger partial charge in [0.15, 0.2) is 0 Å². The SMILES string of the molecule is CC(C)(O)C[C@@H]1CC[C@@]2(CCOC2=O)[C@@]1(C)O. The average molecular weight is 242 g/mol. The molecule has 0 amide bonds. The van der Waals surface area contributed by atoms with Crippen LogP contribution in [0.4, 0.5) is 0 Å². The quantitative estimate of drug-likeness (QED) is 0.715. The predicted octanol–water partition coefficient (Wildman–Crippen LogP) is 1.24. The molecule has 1 heterocycles. The number of hydrogen-bond acceptors (Lipinski definition) is 4. The van der Waals surface area contributed by atoms with Crippen molar-refractivity contribution >= 4 is 5.97 Å². The maximum atomic E-state index is 11.9. The molecule has 0 radical (unpaired) electrons. The van der Waals surface area contributed by atoms with Crippen LogP contribution in [0.1, 0.15) is 46.5 Å². The zero-order valence-electron chi connectivity index (χ0n) is 10.8. The van der Waals surface area contributed by atoms with Gasteiger partial charge in [-0.25, -0.2) is 0 Å². The number of carbonyl (C=O) groups is 1. The van der Waals surface area contributed by atoms with Gasteiger partial charge in [0.2, 0.25) is 0 Å². The van der Waals surface area contributed by atoms with Crippen molar-refractivity contribution in [2.24, 2.45) is 11.3 Å². The summed E-state index contributed by atoms with van der Waals surface area (Å²) >= 11 is 0. The van der Waals surface area contributed by atoms with Gasteiger partial charge in [0.05, 0.1) is 23.2 Å². The zero-order valence-corrected chi connectivity index (χ0v) is 10.8. The highest BCUT2D eigenvalue weighted by molar-refractivity contribution is 5.80. The fraction of sp³-hybridized carbons (Fsp3) is 0.923. The molecule has 3 atom stereocenters. The van der Waals surface area contributed by atoms with Gasteiger partial charge in [-0.05, 0) is 46.0 Å². The third kappa shape index (κ3) is 1.87. The normalized spacial score (nSPS) is 42.2. The van der Waals surface area contributed by atoms with Gasteiger partial charge in [-0.3, -0.25) is 4.79 Å². The van der Waals surface area contributed by atoms with E-state index < -0.39 is 16.6 Å². The number of hydrogen-bond donors (Lipinski definition) is 2. The van der Waals surface area contributed by atoms with Gasteiger partial charge < -0.3 is 14.9 Å². The minimum atomic E-state index is -1.07. The van der Waals surface area contributed by atoms with Crippen LogP contribution in [0.15, 0.2) is 0 Å². The Balaban J connectivity index is 2.23. The third-order valence-electron chi connectivity index (χ3n) is 4.58. The lowest BCUT2D eigenvalue weighted by atomic mass is 9.70. The number of esters is 1. The molecule has 17 heavy (non-hydrogen) atoms. The van der Waals surface area contributed by atoms with Crippen molar-refractivity contribution < 1.29 is 19.7 Å². The van der Waals surface area contributed by atoms with Crippen molar-refractivity contribution in [2.75, 3.05) is 6.61 Å². The summed E-state index contributed by atoms with van der Waals surface area (Å²) in [6.45, 7) is 5.61. The monoisotopic (exact) mass is 242 g/mol. The first kappa shape index (κ1) is 12.8. The lowest BCUT2D eigenvalue weighted by Crippen LogP contribution is -2.49. The number of rotatable bonds is 2. The Hall–Kier alpha value is -0.610. The first-order chi connectivity index (χ1) is 7.69. The Morgan fingerprint density at radius 1 is 1.47 bits per heavy atom. The van der Waals surface area contributed by atoms with E-state index in [0.29, 0.717) is 25.9 Å². The van der Waals surface area contributed by atoms with Gasteiger partial charge in [-0.1, -0.05) is 0 Å². The molecule has 0 aromatic rings. The Bertz CT molecular complexity index is 329. The van der Waals surface area contributed by atoms with Gasteiger partial charge in [0.1, 0.15) is 0 Å². The lowest BCUT2D eigenvalue weighted by Gasteiger charge is -2.38. The van der Waals surface area contributed by atoms with Crippen LogP contribution in [-0.2, 0) is 9.53 Å². The molecule has 0 bridgehead atoms. The second kappa shape index (κ2) is 3.69. The lowest BCUT2D eigenvalue weighted by molar-refractivity contribution is -0.160. The fourth-order valence-electron chi connectivity index (χ4n) is 3.49. The minimum absolute atomic E-state index is 0.0480. The van der Waals surface area contributed by atoms with Crippen molar-refractivity contribution in [3.63, 3.8) is 0 Å². The largest absolute Gasteiger partial charge is 0.465 e. The van der Waals surface area contributed by atoms with E-state index >= 15 is 0 Å². The Labute approximate surface area is 102 Å². The molecule has 1 aliphatic heterocycles. The van der Waals surface area contributed by atoms with E-state index in [0.717, 1.165) is 6.42 Å². The van der Waals surface area contributed by atoms with Crippen molar-refractivity contribution in [3.05, 3.63) is 0 Å². The van der Waals surface area contributed by atoms with Gasteiger partial charge in [0.25, 0.3) is 0 Å². The van der Waals surface area contributed by atoms with E-state index in [-0.39, 0.29) is 11.9 Å². The molecule has 1 aliphatic carbocycles. The number of carbonyl (C=O) groups excluding carboxylic acids is 1. The van der Waals surface area contributed by atoms with Crippen LogP contribution in [0.5, 0.6) is 0 Å². The summed E-state index contributed by atoms with van der Waals surface area (Å²) in [4.78, 5) is 11.9. The number of ether oxygens (including phenoxy) is 1. The van der Waals surface area contributed by atoms with Crippen LogP contribution in [0.25, 0.3) is 0 Å². The van der Waals surface area contributed by atoms with Gasteiger partial charge >= 0.3 is 5.97 Å². The molecule has 0 unspecified atom stereocenters. The maximum Gasteiger partial charge on any atom is 0.315 e. The molecule has 2 fully saturated rings.